The second-order valence-corrected chi connectivity index (χ2v) is 8.20. The normalized spacial score (nSPS) is 11.5. The number of pyridine rings is 1. The van der Waals surface area contributed by atoms with Crippen LogP contribution in [-0.4, -0.2) is 23.9 Å². The first-order valence-corrected chi connectivity index (χ1v) is 10.2. The van der Waals surface area contributed by atoms with Crippen LogP contribution in [0.2, 0.25) is 5.15 Å². The minimum Gasteiger partial charge on any atom is -0.276 e. The minimum absolute atomic E-state index is 0.184. The van der Waals surface area contributed by atoms with Crippen LogP contribution in [0.1, 0.15) is 19.4 Å². The standard InChI is InChI=1S/C22H21ClFN5O2/c1-13(2)11-28-20-18(21(30)27(3)22(28)31)19(23)29(26-20)12-14-7-9-15(10-8-14)16-5-4-6-17(24)25-16/h4-10,13H,11-12H2,1-3H3. The maximum absolute atomic E-state index is 13.4. The molecule has 31 heavy (non-hydrogen) atoms. The van der Waals surface area contributed by atoms with Crippen LogP contribution in [0.5, 0.6) is 0 Å². The van der Waals surface area contributed by atoms with Gasteiger partial charge in [0.1, 0.15) is 10.5 Å². The molecule has 7 nitrogen and oxygen atoms in total. The van der Waals surface area contributed by atoms with E-state index in [1.807, 2.05) is 38.1 Å². The lowest BCUT2D eigenvalue weighted by atomic mass is 10.1. The topological polar surface area (TPSA) is 74.7 Å². The molecule has 3 heterocycles. The van der Waals surface area contributed by atoms with Gasteiger partial charge in [-0.1, -0.05) is 55.8 Å². The van der Waals surface area contributed by atoms with Crippen LogP contribution < -0.4 is 11.2 Å². The Balaban J connectivity index is 1.74. The Bertz CT molecular complexity index is 1390. The molecule has 0 amide bonds. The van der Waals surface area contributed by atoms with Gasteiger partial charge in [0, 0.05) is 19.2 Å². The van der Waals surface area contributed by atoms with Gasteiger partial charge in [-0.2, -0.15) is 9.49 Å². The molecule has 0 N–H and O–H groups in total. The zero-order valence-electron chi connectivity index (χ0n) is 17.3. The van der Waals surface area contributed by atoms with Crippen LogP contribution in [0.4, 0.5) is 4.39 Å². The Labute approximate surface area is 182 Å². The average Bonchev–Trinajstić information content (AvgIpc) is 3.06. The Morgan fingerprint density at radius 2 is 1.81 bits per heavy atom. The zero-order chi connectivity index (χ0) is 22.3. The molecule has 9 heteroatoms. The molecule has 0 fully saturated rings. The fraction of sp³-hybridized carbons (Fsp3) is 0.273. The van der Waals surface area contributed by atoms with Gasteiger partial charge in [-0.3, -0.25) is 13.9 Å². The molecule has 0 aliphatic rings. The quantitative estimate of drug-likeness (QED) is 0.444. The molecule has 1 aromatic carbocycles. The monoisotopic (exact) mass is 441 g/mol. The van der Waals surface area contributed by atoms with Gasteiger partial charge in [0.05, 0.1) is 12.2 Å². The van der Waals surface area contributed by atoms with E-state index < -0.39 is 17.2 Å². The highest BCUT2D eigenvalue weighted by Crippen LogP contribution is 2.22. The molecule has 0 spiro atoms. The molecular formula is C22H21ClFN5O2. The van der Waals surface area contributed by atoms with Gasteiger partial charge in [-0.05, 0) is 23.6 Å². The largest absolute Gasteiger partial charge is 0.332 e. The number of fused-ring (bicyclic) bond motifs is 1. The average molecular weight is 442 g/mol. The van der Waals surface area contributed by atoms with Crippen LogP contribution in [0, 0.1) is 11.9 Å². The van der Waals surface area contributed by atoms with Crippen molar-refractivity contribution in [3.63, 3.8) is 0 Å². The summed E-state index contributed by atoms with van der Waals surface area (Å²) < 4.78 is 17.4. The Morgan fingerprint density at radius 3 is 2.45 bits per heavy atom. The Morgan fingerprint density at radius 1 is 1.10 bits per heavy atom. The summed E-state index contributed by atoms with van der Waals surface area (Å²) in [4.78, 5) is 29.2. The van der Waals surface area contributed by atoms with Crippen molar-refractivity contribution < 1.29 is 4.39 Å². The number of nitrogens with zero attached hydrogens (tertiary/aromatic N) is 5. The van der Waals surface area contributed by atoms with E-state index in [2.05, 4.69) is 10.1 Å². The minimum atomic E-state index is -0.536. The molecular weight excluding hydrogens is 421 g/mol. The number of aromatic nitrogens is 5. The van der Waals surface area contributed by atoms with E-state index in [9.17, 15) is 14.0 Å². The summed E-state index contributed by atoms with van der Waals surface area (Å²) in [5, 5.41) is 4.90. The Hall–Kier alpha value is -3.26. The second kappa shape index (κ2) is 8.11. The zero-order valence-corrected chi connectivity index (χ0v) is 18.1. The van der Waals surface area contributed by atoms with E-state index in [0.29, 0.717) is 18.8 Å². The molecule has 0 saturated carbocycles. The summed E-state index contributed by atoms with van der Waals surface area (Å²) in [7, 11) is 1.44. The van der Waals surface area contributed by atoms with Gasteiger partial charge in [0.25, 0.3) is 5.56 Å². The third kappa shape index (κ3) is 3.90. The molecule has 0 aliphatic carbocycles. The number of halogens is 2. The predicted molar refractivity (Wildman–Crippen MR) is 118 cm³/mol. The first-order valence-electron chi connectivity index (χ1n) is 9.84. The first kappa shape index (κ1) is 21.0. The van der Waals surface area contributed by atoms with Crippen molar-refractivity contribution >= 4 is 22.6 Å². The van der Waals surface area contributed by atoms with Gasteiger partial charge in [0.15, 0.2) is 5.65 Å². The predicted octanol–water partition coefficient (Wildman–Crippen LogP) is 3.46. The summed E-state index contributed by atoms with van der Waals surface area (Å²) in [6.07, 6.45) is 0. The molecule has 4 aromatic rings. The summed E-state index contributed by atoms with van der Waals surface area (Å²) in [5.74, 6) is -0.350. The summed E-state index contributed by atoms with van der Waals surface area (Å²) in [6.45, 7) is 4.70. The van der Waals surface area contributed by atoms with E-state index in [1.54, 1.807) is 12.1 Å². The number of hydrogen-bond donors (Lipinski definition) is 0. The van der Waals surface area contributed by atoms with Gasteiger partial charge >= 0.3 is 5.69 Å². The van der Waals surface area contributed by atoms with Crippen molar-refractivity contribution in [2.45, 2.75) is 26.9 Å². The van der Waals surface area contributed by atoms with E-state index >= 15 is 0 Å². The number of benzene rings is 1. The SMILES string of the molecule is CC(C)Cn1c(=O)n(C)c(=O)c2c(Cl)n(Cc3ccc(-c4cccc(F)n4)cc3)nc21. The summed E-state index contributed by atoms with van der Waals surface area (Å²) in [5.41, 5.74) is 1.59. The van der Waals surface area contributed by atoms with Crippen LogP contribution >= 0.6 is 11.6 Å². The fourth-order valence-corrected chi connectivity index (χ4v) is 3.75. The lowest BCUT2D eigenvalue weighted by Gasteiger charge is -2.10. The Kier molecular flexibility index (Phi) is 5.49. The van der Waals surface area contributed by atoms with Crippen molar-refractivity contribution in [2.24, 2.45) is 13.0 Å². The van der Waals surface area contributed by atoms with Crippen LogP contribution in [0.15, 0.2) is 52.1 Å². The lowest BCUT2D eigenvalue weighted by molar-refractivity contribution is 0.498. The van der Waals surface area contributed by atoms with Gasteiger partial charge in [-0.25, -0.2) is 14.5 Å². The van der Waals surface area contributed by atoms with E-state index in [0.717, 1.165) is 15.7 Å². The first-order chi connectivity index (χ1) is 14.8. The van der Waals surface area contributed by atoms with E-state index in [4.69, 9.17) is 11.6 Å². The van der Waals surface area contributed by atoms with E-state index in [1.165, 1.54) is 22.4 Å². The molecule has 0 unspecified atom stereocenters. The van der Waals surface area contributed by atoms with Crippen LogP contribution in [0.3, 0.4) is 0 Å². The molecule has 0 bridgehead atoms. The summed E-state index contributed by atoms with van der Waals surface area (Å²) in [6, 6.07) is 12.0. The van der Waals surface area contributed by atoms with Gasteiger partial charge < -0.3 is 0 Å². The van der Waals surface area contributed by atoms with Crippen molar-refractivity contribution in [3.05, 3.63) is 80.0 Å². The second-order valence-electron chi connectivity index (χ2n) is 7.84. The summed E-state index contributed by atoms with van der Waals surface area (Å²) >= 11 is 6.51. The molecule has 0 atom stereocenters. The van der Waals surface area contributed by atoms with Crippen molar-refractivity contribution in [1.82, 2.24) is 23.9 Å². The highest BCUT2D eigenvalue weighted by molar-refractivity contribution is 6.34. The van der Waals surface area contributed by atoms with Crippen LogP contribution in [-0.2, 0) is 20.1 Å². The van der Waals surface area contributed by atoms with Crippen LogP contribution in [0.25, 0.3) is 22.3 Å². The van der Waals surface area contributed by atoms with Crippen molar-refractivity contribution in [3.8, 4) is 11.3 Å². The number of rotatable bonds is 5. The smallest absolute Gasteiger partial charge is 0.276 e. The van der Waals surface area contributed by atoms with E-state index in [-0.39, 0.29) is 22.1 Å². The molecule has 0 radical (unpaired) electrons. The fourth-order valence-electron chi connectivity index (χ4n) is 3.49. The third-order valence-electron chi connectivity index (χ3n) is 5.01. The highest BCUT2D eigenvalue weighted by atomic mass is 35.5. The van der Waals surface area contributed by atoms with Crippen molar-refractivity contribution in [2.75, 3.05) is 0 Å². The molecule has 4 rings (SSSR count). The van der Waals surface area contributed by atoms with Gasteiger partial charge in [-0.15, -0.1) is 0 Å². The van der Waals surface area contributed by atoms with Crippen molar-refractivity contribution in [1.29, 1.82) is 0 Å². The molecule has 0 aliphatic heterocycles. The maximum atomic E-state index is 13.4. The highest BCUT2D eigenvalue weighted by Gasteiger charge is 2.20. The van der Waals surface area contributed by atoms with Gasteiger partial charge in [0.2, 0.25) is 5.95 Å². The maximum Gasteiger partial charge on any atom is 0.332 e. The molecule has 3 aromatic heterocycles. The molecule has 0 saturated heterocycles. The lowest BCUT2D eigenvalue weighted by Crippen LogP contribution is -2.38. The third-order valence-corrected chi connectivity index (χ3v) is 5.39. The number of hydrogen-bond acceptors (Lipinski definition) is 4. The molecule has 160 valence electrons.